The molecule has 0 aliphatic carbocycles. The van der Waals surface area contributed by atoms with Crippen molar-refractivity contribution in [1.82, 2.24) is 0 Å². The summed E-state index contributed by atoms with van der Waals surface area (Å²) in [5, 5.41) is 4.49. The molecule has 0 spiro atoms. The molecule has 1 amide bonds. The molecule has 0 atom stereocenters. The smallest absolute Gasteiger partial charge is 0.350 e. The fourth-order valence-electron chi connectivity index (χ4n) is 1.26. The minimum Gasteiger partial charge on any atom is -0.465 e. The Kier molecular flexibility index (Phi) is 5.32. The van der Waals surface area contributed by atoms with Gasteiger partial charge in [0.25, 0.3) is 0 Å². The Labute approximate surface area is 110 Å². The Morgan fingerprint density at radius 3 is 2.72 bits per heavy atom. The number of allylic oxidation sites excluding steroid dienone is 3. The predicted octanol–water partition coefficient (Wildman–Crippen LogP) is 2.91. The van der Waals surface area contributed by atoms with Crippen LogP contribution in [0.1, 0.15) is 22.2 Å². The van der Waals surface area contributed by atoms with Gasteiger partial charge < -0.3 is 10.1 Å². The van der Waals surface area contributed by atoms with Crippen LogP contribution in [0.15, 0.2) is 29.7 Å². The summed E-state index contributed by atoms with van der Waals surface area (Å²) in [4.78, 5) is 23.5. The third-order valence-electron chi connectivity index (χ3n) is 2.15. The van der Waals surface area contributed by atoms with Gasteiger partial charge in [0.15, 0.2) is 0 Å². The molecule has 5 heteroatoms. The van der Waals surface area contributed by atoms with E-state index in [0.717, 1.165) is 5.56 Å². The first-order chi connectivity index (χ1) is 8.60. The SMILES string of the molecule is CC=C/C=C/C(=O)Nc1c(C)csc1C(=O)OC. The molecule has 0 saturated heterocycles. The monoisotopic (exact) mass is 265 g/mol. The molecule has 1 aromatic heterocycles. The van der Waals surface area contributed by atoms with E-state index in [1.807, 2.05) is 19.9 Å². The second kappa shape index (κ2) is 6.76. The zero-order valence-corrected chi connectivity index (χ0v) is 11.3. The molecule has 1 N–H and O–H groups in total. The van der Waals surface area contributed by atoms with Gasteiger partial charge in [-0.1, -0.05) is 18.2 Å². The summed E-state index contributed by atoms with van der Waals surface area (Å²) in [6.07, 6.45) is 6.60. The van der Waals surface area contributed by atoms with Crippen molar-refractivity contribution in [2.75, 3.05) is 12.4 Å². The number of rotatable bonds is 4. The van der Waals surface area contributed by atoms with Crippen molar-refractivity contribution in [1.29, 1.82) is 0 Å². The lowest BCUT2D eigenvalue weighted by Crippen LogP contribution is -2.11. The average Bonchev–Trinajstić information content (AvgIpc) is 2.71. The van der Waals surface area contributed by atoms with Crippen molar-refractivity contribution in [2.45, 2.75) is 13.8 Å². The van der Waals surface area contributed by atoms with E-state index in [2.05, 4.69) is 10.1 Å². The second-order valence-corrected chi connectivity index (χ2v) is 4.37. The van der Waals surface area contributed by atoms with Crippen LogP contribution in [0.3, 0.4) is 0 Å². The van der Waals surface area contributed by atoms with Crippen molar-refractivity contribution in [3.05, 3.63) is 40.1 Å². The fourth-order valence-corrected chi connectivity index (χ4v) is 2.18. The van der Waals surface area contributed by atoms with E-state index in [0.29, 0.717) is 10.6 Å². The lowest BCUT2D eigenvalue weighted by Gasteiger charge is -2.04. The molecule has 0 fully saturated rings. The van der Waals surface area contributed by atoms with Gasteiger partial charge >= 0.3 is 5.97 Å². The topological polar surface area (TPSA) is 55.4 Å². The molecule has 0 unspecified atom stereocenters. The highest BCUT2D eigenvalue weighted by Crippen LogP contribution is 2.28. The van der Waals surface area contributed by atoms with Gasteiger partial charge in [0.2, 0.25) is 5.91 Å². The van der Waals surface area contributed by atoms with E-state index >= 15 is 0 Å². The molecule has 0 radical (unpaired) electrons. The molecule has 0 aliphatic rings. The number of carbonyl (C=O) groups is 2. The van der Waals surface area contributed by atoms with Crippen molar-refractivity contribution in [3.8, 4) is 0 Å². The van der Waals surface area contributed by atoms with Crippen LogP contribution < -0.4 is 5.32 Å². The Hall–Kier alpha value is -1.88. The highest BCUT2D eigenvalue weighted by molar-refractivity contribution is 7.12. The van der Waals surface area contributed by atoms with Gasteiger partial charge in [-0.05, 0) is 24.8 Å². The zero-order chi connectivity index (χ0) is 13.5. The molecule has 1 rings (SSSR count). The van der Waals surface area contributed by atoms with Gasteiger partial charge in [0.05, 0.1) is 12.8 Å². The number of amides is 1. The fraction of sp³-hybridized carbons (Fsp3) is 0.231. The molecule has 4 nitrogen and oxygen atoms in total. The van der Waals surface area contributed by atoms with E-state index in [-0.39, 0.29) is 5.91 Å². The predicted molar refractivity (Wildman–Crippen MR) is 73.0 cm³/mol. The van der Waals surface area contributed by atoms with E-state index < -0.39 is 5.97 Å². The van der Waals surface area contributed by atoms with Crippen LogP contribution >= 0.6 is 11.3 Å². The third-order valence-corrected chi connectivity index (χ3v) is 3.22. The number of nitrogens with one attached hydrogen (secondary N) is 1. The van der Waals surface area contributed by atoms with Gasteiger partial charge in [-0.3, -0.25) is 4.79 Å². The van der Waals surface area contributed by atoms with Crippen molar-refractivity contribution >= 4 is 28.9 Å². The first-order valence-electron chi connectivity index (χ1n) is 5.37. The van der Waals surface area contributed by atoms with Crippen molar-refractivity contribution in [2.24, 2.45) is 0 Å². The van der Waals surface area contributed by atoms with Crippen LogP contribution in [0.2, 0.25) is 0 Å². The highest BCUT2D eigenvalue weighted by Gasteiger charge is 2.17. The van der Waals surface area contributed by atoms with Crippen molar-refractivity contribution in [3.63, 3.8) is 0 Å². The number of ether oxygens (including phenoxy) is 1. The van der Waals surface area contributed by atoms with Gasteiger partial charge in [0.1, 0.15) is 4.88 Å². The Morgan fingerprint density at radius 2 is 2.11 bits per heavy atom. The maximum absolute atomic E-state index is 11.6. The van der Waals surface area contributed by atoms with E-state index in [4.69, 9.17) is 0 Å². The molecular weight excluding hydrogens is 250 g/mol. The van der Waals surface area contributed by atoms with Crippen LogP contribution in [-0.2, 0) is 9.53 Å². The molecule has 0 aromatic carbocycles. The van der Waals surface area contributed by atoms with Crippen LogP contribution in [0.4, 0.5) is 5.69 Å². The number of hydrogen-bond acceptors (Lipinski definition) is 4. The molecule has 18 heavy (non-hydrogen) atoms. The summed E-state index contributed by atoms with van der Waals surface area (Å²) in [5.74, 6) is -0.722. The number of esters is 1. The summed E-state index contributed by atoms with van der Waals surface area (Å²) in [6, 6.07) is 0. The number of anilines is 1. The van der Waals surface area contributed by atoms with Gasteiger partial charge in [-0.15, -0.1) is 11.3 Å². The molecule has 96 valence electrons. The van der Waals surface area contributed by atoms with Gasteiger partial charge in [0, 0.05) is 6.08 Å². The minimum atomic E-state index is -0.444. The minimum absolute atomic E-state index is 0.278. The molecular formula is C13H15NO3S. The Morgan fingerprint density at radius 1 is 1.39 bits per heavy atom. The maximum atomic E-state index is 11.6. The van der Waals surface area contributed by atoms with Crippen LogP contribution in [-0.4, -0.2) is 19.0 Å². The number of hydrogen-bond donors (Lipinski definition) is 1. The first kappa shape index (κ1) is 14.2. The van der Waals surface area contributed by atoms with E-state index in [1.54, 1.807) is 17.5 Å². The lowest BCUT2D eigenvalue weighted by atomic mass is 10.2. The molecule has 0 saturated carbocycles. The van der Waals surface area contributed by atoms with E-state index in [9.17, 15) is 9.59 Å². The van der Waals surface area contributed by atoms with Gasteiger partial charge in [-0.25, -0.2) is 4.79 Å². The highest BCUT2D eigenvalue weighted by atomic mass is 32.1. The molecule has 0 bridgehead atoms. The second-order valence-electron chi connectivity index (χ2n) is 3.49. The van der Waals surface area contributed by atoms with Crippen molar-refractivity contribution < 1.29 is 14.3 Å². The molecule has 1 aromatic rings. The number of carbonyl (C=O) groups excluding carboxylic acids is 2. The molecule has 0 aliphatic heterocycles. The maximum Gasteiger partial charge on any atom is 0.350 e. The number of thiophene rings is 1. The Balaban J connectivity index is 2.87. The largest absolute Gasteiger partial charge is 0.465 e. The normalized spacial score (nSPS) is 11.1. The standard InChI is InChI=1S/C13H15NO3S/c1-4-5-6-7-10(15)14-11-9(2)8-18-12(11)13(16)17-3/h4-8H,1-3H3,(H,14,15)/b5-4?,7-6+. The quantitative estimate of drug-likeness (QED) is 0.517. The lowest BCUT2D eigenvalue weighted by molar-refractivity contribution is -0.111. The van der Waals surface area contributed by atoms with Crippen LogP contribution in [0.25, 0.3) is 0 Å². The number of methoxy groups -OCH3 is 1. The summed E-state index contributed by atoms with van der Waals surface area (Å²) < 4.78 is 4.66. The Bertz CT molecular complexity index is 500. The third kappa shape index (κ3) is 3.56. The first-order valence-corrected chi connectivity index (χ1v) is 6.24. The average molecular weight is 265 g/mol. The van der Waals surface area contributed by atoms with Gasteiger partial charge in [-0.2, -0.15) is 0 Å². The summed E-state index contributed by atoms with van der Waals surface area (Å²) in [7, 11) is 1.31. The van der Waals surface area contributed by atoms with Crippen LogP contribution in [0.5, 0.6) is 0 Å². The summed E-state index contributed by atoms with van der Waals surface area (Å²) >= 11 is 1.25. The summed E-state index contributed by atoms with van der Waals surface area (Å²) in [5.41, 5.74) is 1.36. The van der Waals surface area contributed by atoms with E-state index in [1.165, 1.54) is 24.5 Å². The zero-order valence-electron chi connectivity index (χ0n) is 10.5. The molecule has 1 heterocycles. The summed E-state index contributed by atoms with van der Waals surface area (Å²) in [6.45, 7) is 3.69. The number of aryl methyl sites for hydroxylation is 1. The van der Waals surface area contributed by atoms with Crippen LogP contribution in [0, 0.1) is 6.92 Å².